The number of para-hydroxylation sites is 1. The number of nitrogens with zero attached hydrogens (tertiary/aromatic N) is 1. The Balaban J connectivity index is 2.23. The summed E-state index contributed by atoms with van der Waals surface area (Å²) in [7, 11) is 3.37. The summed E-state index contributed by atoms with van der Waals surface area (Å²) < 4.78 is 4.89. The third-order valence-electron chi connectivity index (χ3n) is 2.98. The minimum Gasteiger partial charge on any atom is -0.504 e. The van der Waals surface area contributed by atoms with E-state index in [0.29, 0.717) is 5.56 Å². The maximum absolute atomic E-state index is 12.4. The minimum absolute atomic E-state index is 0.0381. The van der Waals surface area contributed by atoms with Crippen molar-refractivity contribution >= 4 is 17.7 Å². The summed E-state index contributed by atoms with van der Waals surface area (Å²) in [6, 6.07) is 17.0. The lowest BCUT2D eigenvalue weighted by molar-refractivity contribution is 0.0993. The van der Waals surface area contributed by atoms with Crippen LogP contribution in [0.15, 0.2) is 60.9 Å². The molecule has 0 aliphatic carbocycles. The first-order valence-corrected chi connectivity index (χ1v) is 6.35. The minimum atomic E-state index is -0.0381. The first kappa shape index (κ1) is 13.9. The Morgan fingerprint density at radius 1 is 1.10 bits per heavy atom. The molecule has 0 unspecified atom stereocenters. The fraction of sp³-hybridized carbons (Fsp3) is 0.118. The zero-order valence-electron chi connectivity index (χ0n) is 11.6. The predicted octanol–water partition coefficient (Wildman–Crippen LogP) is 3.58. The molecule has 0 saturated heterocycles. The number of hydrogen-bond donors (Lipinski definition) is 0. The fourth-order valence-electron chi connectivity index (χ4n) is 1.88. The molecule has 0 aliphatic heterocycles. The zero-order chi connectivity index (χ0) is 14.4. The molecule has 3 heteroatoms. The third kappa shape index (κ3) is 3.26. The van der Waals surface area contributed by atoms with Crippen molar-refractivity contribution in [3.05, 3.63) is 72.0 Å². The number of hydrogen-bond acceptors (Lipinski definition) is 2. The van der Waals surface area contributed by atoms with E-state index in [2.05, 4.69) is 0 Å². The highest BCUT2D eigenvalue weighted by molar-refractivity contribution is 6.06. The van der Waals surface area contributed by atoms with Crippen LogP contribution in [0.3, 0.4) is 0 Å². The van der Waals surface area contributed by atoms with Crippen LogP contribution in [0.5, 0.6) is 0 Å². The van der Waals surface area contributed by atoms with Crippen LogP contribution in [0.4, 0.5) is 5.69 Å². The van der Waals surface area contributed by atoms with Gasteiger partial charge >= 0.3 is 0 Å². The van der Waals surface area contributed by atoms with Crippen molar-refractivity contribution in [3.8, 4) is 0 Å². The largest absolute Gasteiger partial charge is 0.504 e. The Hall–Kier alpha value is -2.55. The second-order valence-corrected chi connectivity index (χ2v) is 4.36. The van der Waals surface area contributed by atoms with E-state index in [0.717, 1.165) is 11.3 Å². The Bertz CT molecular complexity index is 605. The van der Waals surface area contributed by atoms with Crippen LogP contribution in [-0.2, 0) is 4.74 Å². The number of amides is 1. The number of carbonyl (C=O) groups is 1. The smallest absolute Gasteiger partial charge is 0.258 e. The molecular formula is C17H17NO2. The Morgan fingerprint density at radius 2 is 1.85 bits per heavy atom. The van der Waals surface area contributed by atoms with Crippen molar-refractivity contribution in [1.29, 1.82) is 0 Å². The quantitative estimate of drug-likeness (QED) is 0.792. The molecule has 102 valence electrons. The summed E-state index contributed by atoms with van der Waals surface area (Å²) in [6.07, 6.45) is 3.41. The van der Waals surface area contributed by atoms with E-state index < -0.39 is 0 Å². The van der Waals surface area contributed by atoms with E-state index in [-0.39, 0.29) is 5.91 Å². The highest BCUT2D eigenvalue weighted by Crippen LogP contribution is 2.16. The summed E-state index contributed by atoms with van der Waals surface area (Å²) in [6.45, 7) is 0. The van der Waals surface area contributed by atoms with Gasteiger partial charge in [0.05, 0.1) is 13.4 Å². The van der Waals surface area contributed by atoms with Crippen molar-refractivity contribution in [2.24, 2.45) is 0 Å². The van der Waals surface area contributed by atoms with Gasteiger partial charge in [-0.1, -0.05) is 30.3 Å². The van der Waals surface area contributed by atoms with Gasteiger partial charge in [-0.05, 0) is 35.9 Å². The average molecular weight is 267 g/mol. The van der Waals surface area contributed by atoms with Crippen molar-refractivity contribution < 1.29 is 9.53 Å². The molecule has 2 aromatic carbocycles. The SMILES string of the molecule is COC=Cc1cccc(C(=O)N(C)c2ccccc2)c1. The van der Waals surface area contributed by atoms with Crippen LogP contribution >= 0.6 is 0 Å². The topological polar surface area (TPSA) is 29.5 Å². The van der Waals surface area contributed by atoms with Crippen molar-refractivity contribution in [2.75, 3.05) is 19.1 Å². The van der Waals surface area contributed by atoms with Gasteiger partial charge in [-0.25, -0.2) is 0 Å². The van der Waals surface area contributed by atoms with E-state index in [9.17, 15) is 4.79 Å². The maximum Gasteiger partial charge on any atom is 0.258 e. The van der Waals surface area contributed by atoms with Crippen molar-refractivity contribution in [3.63, 3.8) is 0 Å². The molecular weight excluding hydrogens is 250 g/mol. The first-order valence-electron chi connectivity index (χ1n) is 6.35. The molecule has 0 heterocycles. The molecule has 2 aromatic rings. The van der Waals surface area contributed by atoms with Crippen LogP contribution in [-0.4, -0.2) is 20.1 Å². The van der Waals surface area contributed by atoms with Gasteiger partial charge in [0.25, 0.3) is 5.91 Å². The van der Waals surface area contributed by atoms with Gasteiger partial charge < -0.3 is 9.64 Å². The molecule has 0 fully saturated rings. The van der Waals surface area contributed by atoms with Crippen LogP contribution in [0, 0.1) is 0 Å². The fourth-order valence-corrected chi connectivity index (χ4v) is 1.88. The molecule has 0 radical (unpaired) electrons. The molecule has 0 spiro atoms. The summed E-state index contributed by atoms with van der Waals surface area (Å²) in [5, 5.41) is 0. The molecule has 3 nitrogen and oxygen atoms in total. The number of methoxy groups -OCH3 is 1. The summed E-state index contributed by atoms with van der Waals surface area (Å²) >= 11 is 0. The van der Waals surface area contributed by atoms with E-state index in [1.54, 1.807) is 25.3 Å². The predicted molar refractivity (Wildman–Crippen MR) is 81.7 cm³/mol. The number of benzene rings is 2. The highest BCUT2D eigenvalue weighted by Gasteiger charge is 2.12. The second-order valence-electron chi connectivity index (χ2n) is 4.36. The van der Waals surface area contributed by atoms with Crippen molar-refractivity contribution in [1.82, 2.24) is 0 Å². The molecule has 0 atom stereocenters. The lowest BCUT2D eigenvalue weighted by Crippen LogP contribution is -2.26. The molecule has 0 bridgehead atoms. The normalized spacial score (nSPS) is 10.5. The van der Waals surface area contributed by atoms with Gasteiger partial charge in [-0.15, -0.1) is 0 Å². The summed E-state index contributed by atoms with van der Waals surface area (Å²) in [5.41, 5.74) is 2.45. The lowest BCUT2D eigenvalue weighted by Gasteiger charge is -2.17. The number of rotatable bonds is 4. The second kappa shape index (κ2) is 6.57. The number of anilines is 1. The van der Waals surface area contributed by atoms with Crippen LogP contribution < -0.4 is 4.90 Å². The monoisotopic (exact) mass is 267 g/mol. The van der Waals surface area contributed by atoms with Gasteiger partial charge in [0.2, 0.25) is 0 Å². The molecule has 0 aromatic heterocycles. The van der Waals surface area contributed by atoms with Gasteiger partial charge in [-0.2, -0.15) is 0 Å². The van der Waals surface area contributed by atoms with Gasteiger partial charge in [-0.3, -0.25) is 4.79 Å². The average Bonchev–Trinajstić information content (AvgIpc) is 2.52. The molecule has 2 rings (SSSR count). The molecule has 0 saturated carbocycles. The van der Waals surface area contributed by atoms with E-state index in [1.807, 2.05) is 60.7 Å². The molecule has 0 N–H and O–H groups in total. The van der Waals surface area contributed by atoms with E-state index in [1.165, 1.54) is 0 Å². The van der Waals surface area contributed by atoms with Gasteiger partial charge in [0, 0.05) is 18.3 Å². The number of ether oxygens (including phenoxy) is 1. The van der Waals surface area contributed by atoms with E-state index in [4.69, 9.17) is 4.74 Å². The maximum atomic E-state index is 12.4. The first-order chi connectivity index (χ1) is 9.72. The van der Waals surface area contributed by atoms with Gasteiger partial charge in [0.1, 0.15) is 0 Å². The number of carbonyl (C=O) groups excluding carboxylic acids is 1. The van der Waals surface area contributed by atoms with Crippen LogP contribution in [0.25, 0.3) is 6.08 Å². The molecule has 0 aliphatic rings. The summed E-state index contributed by atoms with van der Waals surface area (Å²) in [5.74, 6) is -0.0381. The Morgan fingerprint density at radius 3 is 2.55 bits per heavy atom. The molecule has 1 amide bonds. The van der Waals surface area contributed by atoms with Crippen molar-refractivity contribution in [2.45, 2.75) is 0 Å². The van der Waals surface area contributed by atoms with Crippen LogP contribution in [0.2, 0.25) is 0 Å². The standard InChI is InChI=1S/C17H17NO2/c1-18(16-9-4-3-5-10-16)17(19)15-8-6-7-14(13-15)11-12-20-2/h3-13H,1-2H3. The Labute approximate surface area is 119 Å². The lowest BCUT2D eigenvalue weighted by atomic mass is 10.1. The summed E-state index contributed by atoms with van der Waals surface area (Å²) in [4.78, 5) is 14.1. The highest BCUT2D eigenvalue weighted by atomic mass is 16.5. The van der Waals surface area contributed by atoms with Gasteiger partial charge in [0.15, 0.2) is 0 Å². The zero-order valence-corrected chi connectivity index (χ0v) is 11.6. The Kier molecular flexibility index (Phi) is 4.56. The molecule has 20 heavy (non-hydrogen) atoms. The van der Waals surface area contributed by atoms with Crippen LogP contribution in [0.1, 0.15) is 15.9 Å². The van der Waals surface area contributed by atoms with E-state index >= 15 is 0 Å². The third-order valence-corrected chi connectivity index (χ3v) is 2.98.